The Morgan fingerprint density at radius 1 is 1.03 bits per heavy atom. The van der Waals surface area contributed by atoms with Gasteiger partial charge >= 0.3 is 0 Å². The van der Waals surface area contributed by atoms with Crippen LogP contribution in [-0.4, -0.2) is 90.8 Å². The highest BCUT2D eigenvalue weighted by atomic mass is 32.2. The summed E-state index contributed by atoms with van der Waals surface area (Å²) in [7, 11) is 1.74. The van der Waals surface area contributed by atoms with Crippen LogP contribution >= 0.6 is 0 Å². The molecule has 0 fully saturated rings. The summed E-state index contributed by atoms with van der Waals surface area (Å²) in [5.74, 6) is 1.06. The van der Waals surface area contributed by atoms with E-state index in [9.17, 15) is 18.3 Å². The largest absolute Gasteiger partial charge is 0.512 e. The van der Waals surface area contributed by atoms with Gasteiger partial charge in [-0.25, -0.2) is 13.4 Å². The van der Waals surface area contributed by atoms with Crippen molar-refractivity contribution in [1.82, 2.24) is 24.1 Å². The van der Waals surface area contributed by atoms with Crippen molar-refractivity contribution in [2.24, 2.45) is 0 Å². The fourth-order valence-corrected chi connectivity index (χ4v) is 4.95. The minimum Gasteiger partial charge on any atom is -0.512 e. The van der Waals surface area contributed by atoms with Gasteiger partial charge in [0.15, 0.2) is 11.6 Å². The number of carbonyl (C=O) groups is 1. The zero-order valence-electron chi connectivity index (χ0n) is 20.4. The van der Waals surface area contributed by atoms with Gasteiger partial charge in [-0.3, -0.25) is 9.69 Å². The van der Waals surface area contributed by atoms with Crippen molar-refractivity contribution in [3.63, 3.8) is 0 Å². The van der Waals surface area contributed by atoms with Gasteiger partial charge in [0.25, 0.3) is 5.91 Å². The third-order valence-electron chi connectivity index (χ3n) is 5.66. The molecule has 0 saturated heterocycles. The predicted octanol–water partition coefficient (Wildman–Crippen LogP) is 2.70. The first-order valence-corrected chi connectivity index (χ1v) is 12.8. The van der Waals surface area contributed by atoms with Crippen molar-refractivity contribution in [2.75, 3.05) is 52.2 Å². The number of aromatic nitrogens is 2. The van der Waals surface area contributed by atoms with Gasteiger partial charge in [-0.1, -0.05) is 13.8 Å². The Balaban J connectivity index is 1.94. The molecule has 1 aliphatic heterocycles. The molecule has 0 atom stereocenters. The first-order chi connectivity index (χ1) is 16.1. The number of benzene rings is 1. The van der Waals surface area contributed by atoms with E-state index >= 15 is 0 Å². The lowest BCUT2D eigenvalue weighted by molar-refractivity contribution is 0.0781. The Morgan fingerprint density at radius 3 is 2.21 bits per heavy atom. The first kappa shape index (κ1) is 25.7. The average molecular weight is 491 g/mol. The van der Waals surface area contributed by atoms with Gasteiger partial charge in [0.2, 0.25) is 10.0 Å². The highest BCUT2D eigenvalue weighted by Gasteiger charge is 2.36. The molecule has 0 radical (unpaired) electrons. The van der Waals surface area contributed by atoms with Gasteiger partial charge < -0.3 is 19.9 Å². The molecule has 2 N–H and O–H groups in total. The van der Waals surface area contributed by atoms with Gasteiger partial charge in [-0.2, -0.15) is 4.31 Å². The van der Waals surface area contributed by atoms with E-state index in [4.69, 9.17) is 0 Å². The molecule has 2 aromatic rings. The van der Waals surface area contributed by atoms with E-state index < -0.39 is 10.0 Å². The van der Waals surface area contributed by atoms with Gasteiger partial charge in [0.05, 0.1) is 4.90 Å². The SMILES string of the molecule is CCCN1C(=O)c2[nH]c(-c3ccc(S(=O)(=O)N(C)CCN(C)C)cc3)nc2N(CCC)/C1=C\O. The second-order valence-corrected chi connectivity index (χ2v) is 10.6. The molecule has 0 unspecified atom stereocenters. The van der Waals surface area contributed by atoms with Gasteiger partial charge in [0, 0.05) is 38.8 Å². The number of imidazole rings is 1. The van der Waals surface area contributed by atoms with Crippen LogP contribution in [0.4, 0.5) is 5.82 Å². The second-order valence-electron chi connectivity index (χ2n) is 8.53. The van der Waals surface area contributed by atoms with E-state index in [-0.39, 0.29) is 10.8 Å². The van der Waals surface area contributed by atoms with Crippen LogP contribution < -0.4 is 4.90 Å². The molecule has 0 aliphatic carbocycles. The number of amides is 1. The number of anilines is 1. The number of carbonyl (C=O) groups excluding carboxylic acids is 1. The number of sulfonamides is 1. The molecule has 2 heterocycles. The van der Waals surface area contributed by atoms with Crippen molar-refractivity contribution in [1.29, 1.82) is 0 Å². The van der Waals surface area contributed by atoms with Crippen LogP contribution in [-0.2, 0) is 10.0 Å². The van der Waals surface area contributed by atoms with Crippen molar-refractivity contribution in [3.8, 4) is 11.4 Å². The Morgan fingerprint density at radius 2 is 1.65 bits per heavy atom. The summed E-state index contributed by atoms with van der Waals surface area (Å²) < 4.78 is 27.1. The van der Waals surface area contributed by atoms with Crippen LogP contribution in [0.5, 0.6) is 0 Å². The Hall–Kier alpha value is -2.89. The summed E-state index contributed by atoms with van der Waals surface area (Å²) in [6.07, 6.45) is 2.48. The zero-order valence-corrected chi connectivity index (χ0v) is 21.3. The number of fused-ring (bicyclic) bond motifs is 1. The maximum Gasteiger partial charge on any atom is 0.279 e. The van der Waals surface area contributed by atoms with E-state index in [1.54, 1.807) is 36.2 Å². The molecule has 1 amide bonds. The molecular weight excluding hydrogens is 456 g/mol. The van der Waals surface area contributed by atoms with Gasteiger partial charge in [0.1, 0.15) is 17.8 Å². The number of aromatic amines is 1. The first-order valence-electron chi connectivity index (χ1n) is 11.4. The van der Waals surface area contributed by atoms with Crippen molar-refractivity contribution >= 4 is 21.7 Å². The highest BCUT2D eigenvalue weighted by Crippen LogP contribution is 2.34. The van der Waals surface area contributed by atoms with E-state index in [0.29, 0.717) is 54.9 Å². The number of H-pyrrole nitrogens is 1. The minimum absolute atomic E-state index is 0.192. The molecule has 186 valence electrons. The highest BCUT2D eigenvalue weighted by molar-refractivity contribution is 7.89. The molecular formula is C23H34N6O4S. The second kappa shape index (κ2) is 10.6. The molecule has 1 aromatic carbocycles. The molecule has 34 heavy (non-hydrogen) atoms. The maximum atomic E-state index is 13.1. The number of nitrogens with one attached hydrogen (secondary N) is 1. The molecule has 0 saturated carbocycles. The molecule has 0 bridgehead atoms. The summed E-state index contributed by atoms with van der Waals surface area (Å²) in [6, 6.07) is 6.45. The number of nitrogens with zero attached hydrogens (tertiary/aromatic N) is 5. The average Bonchev–Trinajstić information content (AvgIpc) is 3.26. The summed E-state index contributed by atoms with van der Waals surface area (Å²) in [6.45, 7) is 6.02. The lowest BCUT2D eigenvalue weighted by Gasteiger charge is -2.36. The standard InChI is InChI=1S/C23H34N6O4S/c1-6-12-28-19(16-30)29(13-7-2)23(31)20-22(28)25-21(24-20)17-8-10-18(11-9-17)34(32,33)27(5)15-14-26(3)4/h8-11,16,30H,6-7,12-15H2,1-5H3,(H,24,25)/b19-16+. The number of likely N-dealkylation sites (N-methyl/N-ethyl adjacent to an activating group) is 2. The van der Waals surface area contributed by atoms with Crippen molar-refractivity contribution < 1.29 is 18.3 Å². The summed E-state index contributed by atoms with van der Waals surface area (Å²) in [5, 5.41) is 9.87. The zero-order chi connectivity index (χ0) is 25.0. The number of rotatable bonds is 10. The lowest BCUT2D eigenvalue weighted by Crippen LogP contribution is -2.45. The smallest absolute Gasteiger partial charge is 0.279 e. The van der Waals surface area contributed by atoms with Crippen molar-refractivity contribution in [3.05, 3.63) is 42.0 Å². The third kappa shape index (κ3) is 4.96. The Kier molecular flexibility index (Phi) is 8.01. The molecule has 1 aliphatic rings. The van der Waals surface area contributed by atoms with E-state index in [2.05, 4.69) is 9.97 Å². The maximum absolute atomic E-state index is 13.1. The summed E-state index contributed by atoms with van der Waals surface area (Å²) in [5.41, 5.74) is 1.01. The Labute approximate surface area is 201 Å². The molecule has 1 aromatic heterocycles. The third-order valence-corrected chi connectivity index (χ3v) is 7.53. The summed E-state index contributed by atoms with van der Waals surface area (Å²) >= 11 is 0. The van der Waals surface area contributed by atoms with Crippen molar-refractivity contribution in [2.45, 2.75) is 31.6 Å². The van der Waals surface area contributed by atoms with Crippen LogP contribution in [0.15, 0.2) is 41.2 Å². The van der Waals surface area contributed by atoms with E-state index in [0.717, 1.165) is 19.1 Å². The number of hydrogen-bond donors (Lipinski definition) is 2. The minimum atomic E-state index is -3.61. The monoisotopic (exact) mass is 490 g/mol. The molecule has 3 rings (SSSR count). The quantitative estimate of drug-likeness (QED) is 0.492. The molecule has 10 nitrogen and oxygen atoms in total. The predicted molar refractivity (Wildman–Crippen MR) is 132 cm³/mol. The van der Waals surface area contributed by atoms with Crippen LogP contribution in [0.2, 0.25) is 0 Å². The van der Waals surface area contributed by atoms with Gasteiger partial charge in [-0.15, -0.1) is 0 Å². The summed E-state index contributed by atoms with van der Waals surface area (Å²) in [4.78, 5) is 26.4. The number of aliphatic hydroxyl groups is 1. The fourth-order valence-electron chi connectivity index (χ4n) is 3.79. The van der Waals surface area contributed by atoms with Crippen LogP contribution in [0.1, 0.15) is 37.2 Å². The molecule has 11 heteroatoms. The Bertz CT molecular complexity index is 1140. The van der Waals surface area contributed by atoms with E-state index in [1.807, 2.05) is 37.7 Å². The van der Waals surface area contributed by atoms with Crippen LogP contribution in [0.3, 0.4) is 0 Å². The van der Waals surface area contributed by atoms with Crippen LogP contribution in [0, 0.1) is 0 Å². The number of aliphatic hydroxyl groups excluding tert-OH is 1. The normalized spacial score (nSPS) is 15.6. The molecule has 0 spiro atoms. The lowest BCUT2D eigenvalue weighted by atomic mass is 10.2. The van der Waals surface area contributed by atoms with Crippen LogP contribution in [0.25, 0.3) is 11.4 Å². The van der Waals surface area contributed by atoms with Gasteiger partial charge in [-0.05, 0) is 51.2 Å². The number of hydrogen-bond acceptors (Lipinski definition) is 7. The topological polar surface area (TPSA) is 113 Å². The van der Waals surface area contributed by atoms with E-state index in [1.165, 1.54) is 4.31 Å². The fraction of sp³-hybridized carbons (Fsp3) is 0.478.